The molecule has 1 N–H and O–H groups in total. The van der Waals surface area contributed by atoms with Crippen LogP contribution in [0.25, 0.3) is 11.1 Å². The van der Waals surface area contributed by atoms with Crippen molar-refractivity contribution in [2.24, 2.45) is 5.92 Å². The number of nitrogens with one attached hydrogen (secondary N) is 1. The van der Waals surface area contributed by atoms with Crippen molar-refractivity contribution in [3.05, 3.63) is 60.2 Å². The molecule has 0 aliphatic carbocycles. The third kappa shape index (κ3) is 2.30. The van der Waals surface area contributed by atoms with Gasteiger partial charge in [0, 0.05) is 23.6 Å². The lowest BCUT2D eigenvalue weighted by atomic mass is 9.83. The molecule has 0 spiro atoms. The molecule has 2 aliphatic heterocycles. The highest BCUT2D eigenvalue weighted by atomic mass is 16.1. The van der Waals surface area contributed by atoms with E-state index in [-0.39, 0.29) is 5.92 Å². The van der Waals surface area contributed by atoms with E-state index in [4.69, 9.17) is 0 Å². The third-order valence-corrected chi connectivity index (χ3v) is 4.91. The number of carbonyl (C=O) groups is 1. The highest BCUT2D eigenvalue weighted by Crippen LogP contribution is 2.35. The first-order chi connectivity index (χ1) is 10.3. The third-order valence-electron chi connectivity index (χ3n) is 4.91. The Morgan fingerprint density at radius 3 is 2.24 bits per heavy atom. The Bertz CT molecular complexity index is 647. The molecule has 2 heterocycles. The molecule has 4 rings (SSSR count). The molecule has 106 valence electrons. The molecule has 2 bridgehead atoms. The van der Waals surface area contributed by atoms with Gasteiger partial charge in [0.1, 0.15) is 0 Å². The second kappa shape index (κ2) is 5.12. The zero-order valence-electron chi connectivity index (χ0n) is 12.0. The van der Waals surface area contributed by atoms with E-state index in [0.717, 1.165) is 18.4 Å². The van der Waals surface area contributed by atoms with Crippen molar-refractivity contribution in [3.63, 3.8) is 0 Å². The zero-order valence-corrected chi connectivity index (χ0v) is 12.0. The van der Waals surface area contributed by atoms with Gasteiger partial charge in [-0.2, -0.15) is 0 Å². The van der Waals surface area contributed by atoms with Crippen LogP contribution in [0.1, 0.15) is 29.6 Å². The number of ketones is 1. The molecule has 2 aromatic carbocycles. The summed E-state index contributed by atoms with van der Waals surface area (Å²) in [6.07, 6.45) is 3.41. The van der Waals surface area contributed by atoms with Crippen LogP contribution in [-0.2, 0) is 0 Å². The van der Waals surface area contributed by atoms with E-state index >= 15 is 0 Å². The largest absolute Gasteiger partial charge is 0.310 e. The van der Waals surface area contributed by atoms with Crippen molar-refractivity contribution in [1.82, 2.24) is 5.32 Å². The molecule has 3 atom stereocenters. The number of carbonyl (C=O) groups excluding carboxylic acids is 1. The molecule has 2 aliphatic rings. The van der Waals surface area contributed by atoms with E-state index in [1.165, 1.54) is 17.5 Å². The predicted molar refractivity (Wildman–Crippen MR) is 84.3 cm³/mol. The minimum absolute atomic E-state index is 0.186. The first kappa shape index (κ1) is 12.8. The van der Waals surface area contributed by atoms with E-state index in [1.807, 2.05) is 30.3 Å². The lowest BCUT2D eigenvalue weighted by molar-refractivity contribution is 0.0901. The minimum Gasteiger partial charge on any atom is -0.310 e. The molecule has 2 saturated heterocycles. The Kier molecular flexibility index (Phi) is 3.12. The molecule has 0 radical (unpaired) electrons. The molecule has 2 heteroatoms. The van der Waals surface area contributed by atoms with Crippen LogP contribution in [0.2, 0.25) is 0 Å². The molecule has 2 nitrogen and oxygen atoms in total. The summed E-state index contributed by atoms with van der Waals surface area (Å²) in [6, 6.07) is 19.4. The van der Waals surface area contributed by atoms with Gasteiger partial charge in [0.15, 0.2) is 5.78 Å². The van der Waals surface area contributed by atoms with Gasteiger partial charge in [-0.25, -0.2) is 0 Å². The summed E-state index contributed by atoms with van der Waals surface area (Å²) in [5, 5.41) is 3.54. The summed E-state index contributed by atoms with van der Waals surface area (Å²) in [4.78, 5) is 12.6. The Balaban J connectivity index is 1.55. The molecule has 0 aromatic heterocycles. The molecule has 0 saturated carbocycles. The number of Topliss-reactive ketones (excluding diaryl/α,β-unsaturated/α-hetero) is 1. The molecule has 21 heavy (non-hydrogen) atoms. The highest BCUT2D eigenvalue weighted by molar-refractivity contribution is 5.99. The van der Waals surface area contributed by atoms with Crippen LogP contribution in [0.4, 0.5) is 0 Å². The van der Waals surface area contributed by atoms with E-state index < -0.39 is 0 Å². The van der Waals surface area contributed by atoms with Crippen LogP contribution < -0.4 is 5.32 Å². The molecule has 2 fully saturated rings. The van der Waals surface area contributed by atoms with Crippen molar-refractivity contribution < 1.29 is 4.79 Å². The lowest BCUT2D eigenvalue weighted by Gasteiger charge is -2.18. The number of rotatable bonds is 3. The Labute approximate surface area is 125 Å². The molecule has 2 aromatic rings. The van der Waals surface area contributed by atoms with E-state index in [9.17, 15) is 4.79 Å². The predicted octanol–water partition coefficient (Wildman–Crippen LogP) is 3.68. The molecular weight excluding hydrogens is 258 g/mol. The van der Waals surface area contributed by atoms with Crippen LogP contribution in [0.3, 0.4) is 0 Å². The van der Waals surface area contributed by atoms with Gasteiger partial charge in [-0.05, 0) is 30.4 Å². The summed E-state index contributed by atoms with van der Waals surface area (Å²) >= 11 is 0. The topological polar surface area (TPSA) is 29.1 Å². The Morgan fingerprint density at radius 1 is 0.905 bits per heavy atom. The van der Waals surface area contributed by atoms with Crippen molar-refractivity contribution in [3.8, 4) is 11.1 Å². The quantitative estimate of drug-likeness (QED) is 0.867. The molecular formula is C19H19NO. The van der Waals surface area contributed by atoms with Crippen molar-refractivity contribution in [2.45, 2.75) is 31.3 Å². The molecule has 3 unspecified atom stereocenters. The normalized spacial score (nSPS) is 27.0. The van der Waals surface area contributed by atoms with Gasteiger partial charge in [-0.15, -0.1) is 0 Å². The van der Waals surface area contributed by atoms with Crippen LogP contribution in [0.15, 0.2) is 54.6 Å². The summed E-state index contributed by atoms with van der Waals surface area (Å²) in [5.41, 5.74) is 3.21. The van der Waals surface area contributed by atoms with Gasteiger partial charge in [0.25, 0.3) is 0 Å². The fraction of sp³-hybridized carbons (Fsp3) is 0.316. The van der Waals surface area contributed by atoms with Gasteiger partial charge in [0.05, 0.1) is 0 Å². The second-order valence-corrected chi connectivity index (χ2v) is 6.20. The van der Waals surface area contributed by atoms with Crippen molar-refractivity contribution >= 4 is 5.78 Å². The van der Waals surface area contributed by atoms with Gasteiger partial charge >= 0.3 is 0 Å². The van der Waals surface area contributed by atoms with Crippen LogP contribution >= 0.6 is 0 Å². The smallest absolute Gasteiger partial charge is 0.167 e. The fourth-order valence-electron chi connectivity index (χ4n) is 3.79. The maximum atomic E-state index is 12.6. The van der Waals surface area contributed by atoms with Gasteiger partial charge in [-0.1, -0.05) is 54.6 Å². The average Bonchev–Trinajstić information content (AvgIpc) is 3.18. The van der Waals surface area contributed by atoms with Crippen LogP contribution in [0, 0.1) is 5.92 Å². The minimum atomic E-state index is 0.186. The monoisotopic (exact) mass is 277 g/mol. The van der Waals surface area contributed by atoms with Gasteiger partial charge < -0.3 is 5.32 Å². The summed E-state index contributed by atoms with van der Waals surface area (Å²) in [5.74, 6) is 0.501. The molecule has 0 amide bonds. The Morgan fingerprint density at radius 2 is 1.62 bits per heavy atom. The Hall–Kier alpha value is -1.93. The highest BCUT2D eigenvalue weighted by Gasteiger charge is 2.42. The lowest BCUT2D eigenvalue weighted by Crippen LogP contribution is -2.28. The van der Waals surface area contributed by atoms with Crippen molar-refractivity contribution in [2.75, 3.05) is 0 Å². The summed E-state index contributed by atoms with van der Waals surface area (Å²) < 4.78 is 0. The second-order valence-electron chi connectivity index (χ2n) is 6.20. The number of hydrogen-bond acceptors (Lipinski definition) is 2. The average molecular weight is 277 g/mol. The number of benzene rings is 2. The van der Waals surface area contributed by atoms with Crippen LogP contribution in [0.5, 0.6) is 0 Å². The first-order valence-corrected chi connectivity index (χ1v) is 7.77. The summed E-state index contributed by atoms with van der Waals surface area (Å²) in [7, 11) is 0. The van der Waals surface area contributed by atoms with E-state index in [2.05, 4.69) is 29.6 Å². The SMILES string of the molecule is O=C(c1ccc(-c2ccccc2)cc1)C1CC2CCC1N2. The van der Waals surface area contributed by atoms with E-state index in [1.54, 1.807) is 0 Å². The first-order valence-electron chi connectivity index (χ1n) is 7.77. The maximum Gasteiger partial charge on any atom is 0.167 e. The number of fused-ring (bicyclic) bond motifs is 2. The van der Waals surface area contributed by atoms with E-state index in [0.29, 0.717) is 17.9 Å². The fourth-order valence-corrected chi connectivity index (χ4v) is 3.79. The standard InChI is InChI=1S/C19H19NO/c21-19(17-12-16-10-11-18(17)20-16)15-8-6-14(7-9-15)13-4-2-1-3-5-13/h1-9,16-18,20H,10-12H2. The summed E-state index contributed by atoms with van der Waals surface area (Å²) in [6.45, 7) is 0. The number of hydrogen-bond donors (Lipinski definition) is 1. The van der Waals surface area contributed by atoms with Crippen molar-refractivity contribution in [1.29, 1.82) is 0 Å². The zero-order chi connectivity index (χ0) is 14.2. The van der Waals surface area contributed by atoms with Gasteiger partial charge in [-0.3, -0.25) is 4.79 Å². The van der Waals surface area contributed by atoms with Crippen LogP contribution in [-0.4, -0.2) is 17.9 Å². The maximum absolute atomic E-state index is 12.6. The van der Waals surface area contributed by atoms with Gasteiger partial charge in [0.2, 0.25) is 0 Å².